The molecule has 332 valence electrons. The van der Waals surface area contributed by atoms with Gasteiger partial charge in [-0.15, -0.1) is 0 Å². The lowest BCUT2D eigenvalue weighted by atomic mass is 9.99. The Morgan fingerprint density at radius 3 is 2.13 bits per heavy atom. The zero-order valence-corrected chi connectivity index (χ0v) is 36.1. The summed E-state index contributed by atoms with van der Waals surface area (Å²) in [6.07, 6.45) is 1.45. The number of esters is 1. The molecule has 0 saturated carbocycles. The summed E-state index contributed by atoms with van der Waals surface area (Å²) in [4.78, 5) is 98.4. The summed E-state index contributed by atoms with van der Waals surface area (Å²) in [6, 6.07) is 13.1. The molecule has 16 nitrogen and oxygen atoms in total. The topological polar surface area (TPSA) is 190 Å². The second kappa shape index (κ2) is 21.3. The summed E-state index contributed by atoms with van der Waals surface area (Å²) in [5.41, 5.74) is 0.371. The number of alkyl carbamates (subject to hydrolysis) is 1. The number of rotatable bonds is 15. The Hall–Kier alpha value is -5.51. The number of Topliss-reactive ketones (excluding diaryl/α,β-unsaturated/α-hetero) is 1. The summed E-state index contributed by atoms with van der Waals surface area (Å²) in [6.45, 7) is 10.9. The van der Waals surface area contributed by atoms with Gasteiger partial charge >= 0.3 is 18.2 Å². The number of benzene rings is 2. The maximum absolute atomic E-state index is 14.1. The van der Waals surface area contributed by atoms with E-state index in [2.05, 4.69) is 10.6 Å². The predicted molar refractivity (Wildman–Crippen MR) is 223 cm³/mol. The van der Waals surface area contributed by atoms with Gasteiger partial charge in [-0.25, -0.2) is 14.4 Å². The smallest absolute Gasteiger partial charge is 0.410 e. The monoisotopic (exact) mass is 847 g/mol. The van der Waals surface area contributed by atoms with Crippen molar-refractivity contribution in [2.75, 3.05) is 32.8 Å². The van der Waals surface area contributed by atoms with Crippen LogP contribution in [0.15, 0.2) is 60.7 Å². The van der Waals surface area contributed by atoms with Crippen LogP contribution in [-0.4, -0.2) is 131 Å². The van der Waals surface area contributed by atoms with Crippen molar-refractivity contribution in [1.29, 1.82) is 0 Å². The van der Waals surface area contributed by atoms with Gasteiger partial charge in [0.15, 0.2) is 18.4 Å². The van der Waals surface area contributed by atoms with Crippen molar-refractivity contribution >= 4 is 41.7 Å². The number of ether oxygens (including phenoxy) is 4. The molecule has 1 unspecified atom stereocenters. The minimum atomic E-state index is -1.35. The normalized spacial score (nSPS) is 21.8. The van der Waals surface area contributed by atoms with E-state index in [0.717, 1.165) is 12.0 Å². The van der Waals surface area contributed by atoms with Gasteiger partial charge in [0.1, 0.15) is 30.3 Å². The lowest BCUT2D eigenvalue weighted by molar-refractivity contribution is -0.149. The first kappa shape index (κ1) is 46.6. The molecule has 3 saturated heterocycles. The molecule has 2 N–H and O–H groups in total. The highest BCUT2D eigenvalue weighted by Crippen LogP contribution is 2.29. The molecule has 0 spiro atoms. The summed E-state index contributed by atoms with van der Waals surface area (Å²) >= 11 is 0. The molecule has 16 heteroatoms. The number of nitrogens with zero attached hydrogens (tertiary/aromatic N) is 3. The number of nitrogens with one attached hydrogen (secondary N) is 2. The van der Waals surface area contributed by atoms with E-state index in [1.807, 2.05) is 13.0 Å². The minimum absolute atomic E-state index is 0.0493. The second-order valence-electron chi connectivity index (χ2n) is 17.2. The lowest BCUT2D eigenvalue weighted by Gasteiger charge is -2.38. The van der Waals surface area contributed by atoms with Crippen LogP contribution >= 0.6 is 0 Å². The first-order valence-corrected chi connectivity index (χ1v) is 21.3. The van der Waals surface area contributed by atoms with Gasteiger partial charge in [-0.1, -0.05) is 67.6 Å². The van der Waals surface area contributed by atoms with Crippen molar-refractivity contribution in [2.45, 2.75) is 129 Å². The van der Waals surface area contributed by atoms with Crippen molar-refractivity contribution in [1.82, 2.24) is 25.3 Å². The fourth-order valence-electron chi connectivity index (χ4n) is 8.00. The van der Waals surface area contributed by atoms with Gasteiger partial charge in [-0.2, -0.15) is 0 Å². The summed E-state index contributed by atoms with van der Waals surface area (Å²) < 4.78 is 22.4. The van der Waals surface area contributed by atoms with Crippen molar-refractivity contribution in [3.8, 4) is 0 Å². The van der Waals surface area contributed by atoms with E-state index < -0.39 is 78.4 Å². The molecule has 3 fully saturated rings. The fraction of sp³-hybridized carbons (Fsp3) is 0.578. The van der Waals surface area contributed by atoms with E-state index in [-0.39, 0.29) is 30.9 Å². The van der Waals surface area contributed by atoms with Crippen LogP contribution in [0.25, 0.3) is 0 Å². The molecule has 2 aromatic carbocycles. The Morgan fingerprint density at radius 1 is 0.787 bits per heavy atom. The van der Waals surface area contributed by atoms with Crippen LogP contribution in [0, 0.1) is 5.92 Å². The number of carbonyl (C=O) groups excluding carboxylic acids is 7. The maximum Gasteiger partial charge on any atom is 0.410 e. The van der Waals surface area contributed by atoms with Gasteiger partial charge < -0.3 is 39.4 Å². The SMILES string of the molecule is CC(OC[C@H](NC(=O)OCc1ccccc1)C(=O)OCC(=O)c1ccccc1)[C@@H]1C[C@@H](C)CN1C(=O)[C@H](C)NC(=O)[C@@H]1CCCCN1C(=O)[C@@H]1CCCN1C(=O)OC(C)(C)C. The summed E-state index contributed by atoms with van der Waals surface area (Å²) in [5.74, 6) is -2.32. The number of ketones is 1. The molecule has 5 rings (SSSR count). The van der Waals surface area contributed by atoms with Crippen molar-refractivity contribution in [3.63, 3.8) is 0 Å². The Labute approximate surface area is 357 Å². The van der Waals surface area contributed by atoms with Gasteiger partial charge in [-0.3, -0.25) is 24.1 Å². The van der Waals surface area contributed by atoms with E-state index in [4.69, 9.17) is 18.9 Å². The van der Waals surface area contributed by atoms with Crippen LogP contribution in [-0.2, 0) is 44.7 Å². The quantitative estimate of drug-likeness (QED) is 0.144. The van der Waals surface area contributed by atoms with E-state index in [9.17, 15) is 33.6 Å². The summed E-state index contributed by atoms with van der Waals surface area (Å²) in [5, 5.41) is 5.37. The lowest BCUT2D eigenvalue weighted by Crippen LogP contribution is -2.59. The van der Waals surface area contributed by atoms with Crippen LogP contribution in [0.1, 0.15) is 96.0 Å². The number of hydrogen-bond donors (Lipinski definition) is 2. The van der Waals surface area contributed by atoms with Crippen LogP contribution in [0.5, 0.6) is 0 Å². The van der Waals surface area contributed by atoms with Crippen LogP contribution in [0.4, 0.5) is 9.59 Å². The van der Waals surface area contributed by atoms with Crippen LogP contribution < -0.4 is 10.6 Å². The Morgan fingerprint density at radius 2 is 1.44 bits per heavy atom. The highest BCUT2D eigenvalue weighted by Gasteiger charge is 2.44. The zero-order valence-electron chi connectivity index (χ0n) is 36.1. The molecule has 3 heterocycles. The Balaban J connectivity index is 1.20. The second-order valence-corrected chi connectivity index (χ2v) is 17.2. The van der Waals surface area contributed by atoms with Gasteiger partial charge in [0.05, 0.1) is 18.8 Å². The summed E-state index contributed by atoms with van der Waals surface area (Å²) in [7, 11) is 0. The number of piperidine rings is 1. The molecule has 0 bridgehead atoms. The number of amides is 5. The minimum Gasteiger partial charge on any atom is -0.456 e. The van der Waals surface area contributed by atoms with Gasteiger partial charge in [0.2, 0.25) is 17.7 Å². The highest BCUT2D eigenvalue weighted by molar-refractivity contribution is 5.98. The van der Waals surface area contributed by atoms with Crippen molar-refractivity contribution < 1.29 is 52.5 Å². The van der Waals surface area contributed by atoms with Gasteiger partial charge in [-0.05, 0) is 84.6 Å². The van der Waals surface area contributed by atoms with Crippen LogP contribution in [0.3, 0.4) is 0 Å². The molecule has 0 aromatic heterocycles. The third kappa shape index (κ3) is 13.0. The molecule has 3 aliphatic rings. The maximum atomic E-state index is 14.1. The Kier molecular flexibility index (Phi) is 16.3. The van der Waals surface area contributed by atoms with Crippen molar-refractivity contribution in [3.05, 3.63) is 71.8 Å². The Bertz CT molecular complexity index is 1860. The standard InChI is InChI=1S/C45H61N5O11/c1-29-24-37(31(3)58-27-34(47-43(56)60-26-32-16-9-7-10-17-32)42(55)59-28-38(51)33-18-11-8-12-19-33)50(25-29)40(53)30(2)46-39(52)35-20-13-14-22-48(35)41(54)36-21-15-23-49(36)44(57)61-45(4,5)6/h7-12,16-19,29-31,34-37H,13-15,20-28H2,1-6H3,(H,46,52)(H,47,56)/t29-,30+,31?,34+,35+,36+,37+/m1/s1. The molecule has 5 amide bonds. The van der Waals surface area contributed by atoms with Gasteiger partial charge in [0, 0.05) is 25.2 Å². The molecule has 7 atom stereocenters. The molecule has 3 aliphatic heterocycles. The van der Waals surface area contributed by atoms with E-state index in [0.29, 0.717) is 57.3 Å². The highest BCUT2D eigenvalue weighted by atomic mass is 16.6. The first-order chi connectivity index (χ1) is 29.0. The third-order valence-corrected chi connectivity index (χ3v) is 11.1. The van der Waals surface area contributed by atoms with E-state index >= 15 is 0 Å². The number of carbonyl (C=O) groups is 7. The molecular formula is C45H61N5O11. The number of hydrogen-bond acceptors (Lipinski definition) is 11. The molecular weight excluding hydrogens is 787 g/mol. The van der Waals surface area contributed by atoms with Gasteiger partial charge in [0.25, 0.3) is 0 Å². The fourth-order valence-corrected chi connectivity index (χ4v) is 8.00. The third-order valence-electron chi connectivity index (χ3n) is 11.1. The van der Waals surface area contributed by atoms with E-state index in [1.54, 1.807) is 99.0 Å². The van der Waals surface area contributed by atoms with E-state index in [1.165, 1.54) is 4.90 Å². The zero-order chi connectivity index (χ0) is 44.3. The number of likely N-dealkylation sites (tertiary alicyclic amines) is 3. The average Bonchev–Trinajstić information content (AvgIpc) is 3.90. The predicted octanol–water partition coefficient (Wildman–Crippen LogP) is 4.63. The molecule has 61 heavy (non-hydrogen) atoms. The molecule has 0 radical (unpaired) electrons. The largest absolute Gasteiger partial charge is 0.456 e. The average molecular weight is 848 g/mol. The molecule has 2 aromatic rings. The first-order valence-electron chi connectivity index (χ1n) is 21.3. The van der Waals surface area contributed by atoms with Crippen molar-refractivity contribution in [2.24, 2.45) is 5.92 Å². The van der Waals surface area contributed by atoms with Crippen LogP contribution in [0.2, 0.25) is 0 Å². The molecule has 0 aliphatic carbocycles.